The van der Waals surface area contributed by atoms with Crippen LogP contribution in [-0.4, -0.2) is 65.2 Å². The molecule has 0 saturated carbocycles. The lowest BCUT2D eigenvalue weighted by atomic mass is 10.0. The molecule has 1 unspecified atom stereocenters. The Balaban J connectivity index is 1.10. The Kier molecular flexibility index (Phi) is 5.65. The molecule has 2 aromatic carbocycles. The summed E-state index contributed by atoms with van der Waals surface area (Å²) < 4.78 is 32.3. The van der Waals surface area contributed by atoms with Crippen molar-refractivity contribution in [1.29, 1.82) is 0 Å². The standard InChI is InChI=1S/C29H26FN3O5/c30-20-12-21-22(13-25(31-21)38-24-15-37-28-23(34)14-36-29(24)28)32-27(20)18-5-3-16(4-6-18)17-7-9-19(10-8-17)33-11-1-2-26(33)35/h3-10,12-13,23-24,28-29,31,34H,1-2,11,14-15H2/t23-,24-,28-,29?/m1/s1. The second-order valence-electron chi connectivity index (χ2n) is 9.98. The van der Waals surface area contributed by atoms with Crippen molar-refractivity contribution in [3.8, 4) is 28.3 Å². The molecule has 8 nitrogen and oxygen atoms in total. The molecule has 3 aliphatic rings. The minimum Gasteiger partial charge on any atom is -0.470 e. The number of aliphatic hydroxyl groups excluding tert-OH is 1. The molecule has 3 fully saturated rings. The van der Waals surface area contributed by atoms with Gasteiger partial charge in [0.2, 0.25) is 5.91 Å². The number of nitrogens with zero attached hydrogens (tertiary/aromatic N) is 2. The summed E-state index contributed by atoms with van der Waals surface area (Å²) >= 11 is 0. The van der Waals surface area contributed by atoms with Crippen molar-refractivity contribution in [2.75, 3.05) is 24.7 Å². The van der Waals surface area contributed by atoms with Crippen LogP contribution in [0.2, 0.25) is 0 Å². The van der Waals surface area contributed by atoms with E-state index < -0.39 is 11.9 Å². The molecule has 0 bridgehead atoms. The van der Waals surface area contributed by atoms with Crippen LogP contribution in [0.5, 0.6) is 5.88 Å². The van der Waals surface area contributed by atoms with Gasteiger partial charge in [0, 0.05) is 36.3 Å². The Bertz CT molecular complexity index is 1500. The minimum atomic E-state index is -0.652. The molecule has 1 amide bonds. The number of H-pyrrole nitrogens is 1. The molecule has 0 radical (unpaired) electrons. The van der Waals surface area contributed by atoms with Crippen molar-refractivity contribution in [3.63, 3.8) is 0 Å². The molecule has 0 aliphatic carbocycles. The number of halogens is 1. The predicted octanol–water partition coefficient (Wildman–Crippen LogP) is 4.07. The van der Waals surface area contributed by atoms with E-state index in [2.05, 4.69) is 9.97 Å². The van der Waals surface area contributed by atoms with Crippen molar-refractivity contribution in [2.45, 2.75) is 37.3 Å². The van der Waals surface area contributed by atoms with Crippen LogP contribution in [0.4, 0.5) is 10.1 Å². The molecule has 3 aliphatic heterocycles. The van der Waals surface area contributed by atoms with Crippen molar-refractivity contribution in [2.24, 2.45) is 0 Å². The van der Waals surface area contributed by atoms with Crippen LogP contribution in [0.3, 0.4) is 0 Å². The van der Waals surface area contributed by atoms with Crippen LogP contribution in [0, 0.1) is 5.82 Å². The summed E-state index contributed by atoms with van der Waals surface area (Å²) in [6.45, 7) is 1.29. The number of rotatable bonds is 5. The lowest BCUT2D eigenvalue weighted by molar-refractivity contribution is -0.117. The van der Waals surface area contributed by atoms with E-state index in [1.807, 2.05) is 53.4 Å². The van der Waals surface area contributed by atoms with Gasteiger partial charge in [0.25, 0.3) is 0 Å². The summed E-state index contributed by atoms with van der Waals surface area (Å²) in [5.41, 5.74) is 4.94. The number of aromatic nitrogens is 2. The zero-order chi connectivity index (χ0) is 25.8. The molecule has 9 heteroatoms. The number of hydrogen-bond donors (Lipinski definition) is 2. The zero-order valence-electron chi connectivity index (χ0n) is 20.5. The van der Waals surface area contributed by atoms with Gasteiger partial charge in [-0.25, -0.2) is 9.37 Å². The van der Waals surface area contributed by atoms with E-state index in [0.717, 1.165) is 29.8 Å². The smallest absolute Gasteiger partial charge is 0.227 e. The van der Waals surface area contributed by atoms with E-state index in [4.69, 9.17) is 14.2 Å². The topological polar surface area (TPSA) is 96.9 Å². The van der Waals surface area contributed by atoms with Gasteiger partial charge in [0.15, 0.2) is 17.8 Å². The highest BCUT2D eigenvalue weighted by Crippen LogP contribution is 2.33. The first-order valence-electron chi connectivity index (χ1n) is 12.8. The van der Waals surface area contributed by atoms with Gasteiger partial charge < -0.3 is 29.2 Å². The Labute approximate surface area is 218 Å². The number of aliphatic hydroxyl groups is 1. The highest BCUT2D eigenvalue weighted by atomic mass is 19.1. The lowest BCUT2D eigenvalue weighted by Crippen LogP contribution is -2.34. The average molecular weight is 516 g/mol. The fourth-order valence-corrected chi connectivity index (χ4v) is 5.56. The molecule has 38 heavy (non-hydrogen) atoms. The van der Waals surface area contributed by atoms with Gasteiger partial charge in [-0.1, -0.05) is 36.4 Å². The SMILES string of the molecule is O=C1CCCN1c1ccc(-c2ccc(-c3nc4cc(O[C@@H]5CO[C@H]6C5OC[C@H]6O)[nH]c4cc3F)cc2)cc1. The van der Waals surface area contributed by atoms with E-state index >= 15 is 4.39 Å². The molecule has 2 N–H and O–H groups in total. The number of anilines is 1. The van der Waals surface area contributed by atoms with Crippen LogP contribution in [0.15, 0.2) is 60.7 Å². The van der Waals surface area contributed by atoms with Crippen molar-refractivity contribution in [3.05, 3.63) is 66.5 Å². The van der Waals surface area contributed by atoms with Crippen molar-refractivity contribution in [1.82, 2.24) is 9.97 Å². The number of carbonyl (C=O) groups excluding carboxylic acids is 1. The largest absolute Gasteiger partial charge is 0.470 e. The molecule has 4 aromatic rings. The van der Waals surface area contributed by atoms with E-state index in [9.17, 15) is 9.90 Å². The maximum atomic E-state index is 15.1. The van der Waals surface area contributed by atoms with Crippen molar-refractivity contribution < 1.29 is 28.5 Å². The number of hydrogen-bond acceptors (Lipinski definition) is 6. The lowest BCUT2D eigenvalue weighted by Gasteiger charge is -2.16. The zero-order valence-corrected chi connectivity index (χ0v) is 20.5. The van der Waals surface area contributed by atoms with Crippen LogP contribution < -0.4 is 9.64 Å². The summed E-state index contributed by atoms with van der Waals surface area (Å²) in [6, 6.07) is 18.7. The van der Waals surface area contributed by atoms with E-state index in [1.54, 1.807) is 6.07 Å². The first kappa shape index (κ1) is 23.3. The summed E-state index contributed by atoms with van der Waals surface area (Å²) in [5, 5.41) is 9.93. The van der Waals surface area contributed by atoms with Crippen LogP contribution in [0.25, 0.3) is 33.4 Å². The number of amides is 1. The predicted molar refractivity (Wildman–Crippen MR) is 138 cm³/mol. The van der Waals surface area contributed by atoms with Crippen molar-refractivity contribution >= 4 is 22.6 Å². The molecule has 3 saturated heterocycles. The number of fused-ring (bicyclic) bond motifs is 2. The third-order valence-corrected chi connectivity index (χ3v) is 7.54. The number of ether oxygens (including phenoxy) is 3. The highest BCUT2D eigenvalue weighted by molar-refractivity contribution is 5.95. The van der Waals surface area contributed by atoms with Gasteiger partial charge in [0.1, 0.15) is 24.0 Å². The summed E-state index contributed by atoms with van der Waals surface area (Å²) in [7, 11) is 0. The molecular formula is C29H26FN3O5. The Morgan fingerprint density at radius 1 is 0.974 bits per heavy atom. The maximum absolute atomic E-state index is 15.1. The number of pyridine rings is 1. The number of carbonyl (C=O) groups is 1. The Hall–Kier alpha value is -3.79. The fraction of sp³-hybridized carbons (Fsp3) is 0.310. The number of aromatic amines is 1. The van der Waals surface area contributed by atoms with Gasteiger partial charge in [-0.05, 0) is 29.7 Å². The van der Waals surface area contributed by atoms with Gasteiger partial charge >= 0.3 is 0 Å². The molecule has 0 spiro atoms. The molecule has 7 rings (SSSR count). The van der Waals surface area contributed by atoms with Gasteiger partial charge in [-0.3, -0.25) is 4.79 Å². The average Bonchev–Trinajstić information content (AvgIpc) is 3.71. The Morgan fingerprint density at radius 2 is 1.68 bits per heavy atom. The maximum Gasteiger partial charge on any atom is 0.227 e. The molecule has 194 valence electrons. The van der Waals surface area contributed by atoms with E-state index in [-0.39, 0.29) is 36.5 Å². The first-order chi connectivity index (χ1) is 18.5. The van der Waals surface area contributed by atoms with Crippen LogP contribution in [0.1, 0.15) is 12.8 Å². The van der Waals surface area contributed by atoms with Gasteiger partial charge in [0.05, 0.1) is 24.2 Å². The second kappa shape index (κ2) is 9.20. The van der Waals surface area contributed by atoms with Crippen LogP contribution in [-0.2, 0) is 14.3 Å². The summed E-state index contributed by atoms with van der Waals surface area (Å²) in [5.74, 6) is 0.168. The fourth-order valence-electron chi connectivity index (χ4n) is 5.56. The minimum absolute atomic E-state index is 0.165. The molecule has 2 aromatic heterocycles. The quantitative estimate of drug-likeness (QED) is 0.416. The third kappa shape index (κ3) is 4.03. The first-order valence-corrected chi connectivity index (χ1v) is 12.8. The Morgan fingerprint density at radius 3 is 2.42 bits per heavy atom. The normalized spacial score (nSPS) is 24.9. The van der Waals surface area contributed by atoms with E-state index in [1.165, 1.54) is 6.07 Å². The molecular weight excluding hydrogens is 489 g/mol. The number of benzene rings is 2. The molecule has 5 heterocycles. The summed E-state index contributed by atoms with van der Waals surface area (Å²) in [6.07, 6.45) is -0.248. The van der Waals surface area contributed by atoms with Gasteiger partial charge in [-0.2, -0.15) is 0 Å². The second-order valence-corrected chi connectivity index (χ2v) is 9.98. The number of nitrogens with one attached hydrogen (secondary N) is 1. The highest BCUT2D eigenvalue weighted by Gasteiger charge is 2.48. The summed E-state index contributed by atoms with van der Waals surface area (Å²) in [4.78, 5) is 21.4. The third-order valence-electron chi connectivity index (χ3n) is 7.54. The van der Waals surface area contributed by atoms with Gasteiger partial charge in [-0.15, -0.1) is 0 Å². The van der Waals surface area contributed by atoms with Crippen LogP contribution >= 0.6 is 0 Å². The van der Waals surface area contributed by atoms with E-state index in [0.29, 0.717) is 35.5 Å². The monoisotopic (exact) mass is 515 g/mol. The molecule has 4 atom stereocenters.